The van der Waals surface area contributed by atoms with Gasteiger partial charge in [-0.15, -0.1) is 0 Å². The van der Waals surface area contributed by atoms with Gasteiger partial charge in [0.25, 0.3) is 0 Å². The van der Waals surface area contributed by atoms with Gasteiger partial charge in [-0.05, 0) is 38.1 Å². The van der Waals surface area contributed by atoms with Gasteiger partial charge in [-0.3, -0.25) is 0 Å². The summed E-state index contributed by atoms with van der Waals surface area (Å²) in [7, 11) is 1.53. The number of ether oxygens (including phenoxy) is 3. The molecule has 0 aliphatic carbocycles. The number of hydrogen-bond acceptors (Lipinski definition) is 4. The molecule has 4 heteroatoms. The highest BCUT2D eigenvalue weighted by molar-refractivity contribution is 5.94. The zero-order valence-electron chi connectivity index (χ0n) is 12.3. The van der Waals surface area contributed by atoms with Gasteiger partial charge in [-0.2, -0.15) is 0 Å². The molecular weight excluding hydrogens is 268 g/mol. The quantitative estimate of drug-likeness (QED) is 0.621. The van der Waals surface area contributed by atoms with Crippen LogP contribution in [0.5, 0.6) is 17.2 Å². The van der Waals surface area contributed by atoms with Gasteiger partial charge in [-0.1, -0.05) is 24.3 Å². The summed E-state index contributed by atoms with van der Waals surface area (Å²) in [6, 6.07) is 14.0. The summed E-state index contributed by atoms with van der Waals surface area (Å²) in [5.41, 5.74) is 0.386. The minimum atomic E-state index is -0.476. The largest absolute Gasteiger partial charge is 0.493 e. The van der Waals surface area contributed by atoms with Crippen LogP contribution in [0.1, 0.15) is 24.2 Å². The fourth-order valence-electron chi connectivity index (χ4n) is 1.85. The van der Waals surface area contributed by atoms with E-state index in [4.69, 9.17) is 14.2 Å². The van der Waals surface area contributed by atoms with E-state index in [1.165, 1.54) is 7.11 Å². The maximum absolute atomic E-state index is 12.3. The minimum absolute atomic E-state index is 0.0230. The molecule has 0 amide bonds. The maximum Gasteiger partial charge on any atom is 0.347 e. The number of carbonyl (C=O) groups excluding carboxylic acids is 1. The Labute approximate surface area is 124 Å². The average molecular weight is 286 g/mol. The van der Waals surface area contributed by atoms with Crippen LogP contribution in [0.4, 0.5) is 0 Å². The molecule has 0 saturated carbocycles. The Hall–Kier alpha value is -2.49. The molecule has 0 radical (unpaired) electrons. The van der Waals surface area contributed by atoms with Crippen LogP contribution >= 0.6 is 0 Å². The van der Waals surface area contributed by atoms with Gasteiger partial charge in [0, 0.05) is 0 Å². The molecule has 0 N–H and O–H groups in total. The van der Waals surface area contributed by atoms with Crippen molar-refractivity contribution in [1.82, 2.24) is 0 Å². The SMILES string of the molecule is COc1ccccc1OC(=O)c1ccccc1OC(C)C. The standard InChI is InChI=1S/C17H18O4/c1-12(2)20-14-9-5-4-8-13(14)17(18)21-16-11-7-6-10-15(16)19-3/h4-12H,1-3H3. The van der Waals surface area contributed by atoms with Gasteiger partial charge in [-0.25, -0.2) is 4.79 Å². The van der Waals surface area contributed by atoms with E-state index in [2.05, 4.69) is 0 Å². The van der Waals surface area contributed by atoms with Gasteiger partial charge in [0.2, 0.25) is 0 Å². The van der Waals surface area contributed by atoms with Crippen LogP contribution in [-0.2, 0) is 0 Å². The average Bonchev–Trinajstić information content (AvgIpc) is 2.47. The molecule has 0 aliphatic rings. The monoisotopic (exact) mass is 286 g/mol. The molecule has 2 rings (SSSR count). The Balaban J connectivity index is 2.24. The first-order chi connectivity index (χ1) is 10.1. The summed E-state index contributed by atoms with van der Waals surface area (Å²) in [6.07, 6.45) is -0.0230. The van der Waals surface area contributed by atoms with E-state index in [9.17, 15) is 4.79 Å². The van der Waals surface area contributed by atoms with Crippen molar-refractivity contribution in [2.24, 2.45) is 0 Å². The molecular formula is C17H18O4. The Morgan fingerprint density at radius 1 is 0.905 bits per heavy atom. The number of methoxy groups -OCH3 is 1. The van der Waals surface area contributed by atoms with Gasteiger partial charge >= 0.3 is 5.97 Å². The Morgan fingerprint density at radius 3 is 2.10 bits per heavy atom. The number of rotatable bonds is 5. The molecule has 0 heterocycles. The van der Waals surface area contributed by atoms with E-state index in [1.807, 2.05) is 26.0 Å². The lowest BCUT2D eigenvalue weighted by Gasteiger charge is -2.14. The second kappa shape index (κ2) is 6.79. The normalized spacial score (nSPS) is 10.3. The highest BCUT2D eigenvalue weighted by atomic mass is 16.6. The van der Waals surface area contributed by atoms with Gasteiger partial charge < -0.3 is 14.2 Å². The van der Waals surface area contributed by atoms with Crippen molar-refractivity contribution in [1.29, 1.82) is 0 Å². The topological polar surface area (TPSA) is 44.8 Å². The van der Waals surface area contributed by atoms with Crippen molar-refractivity contribution < 1.29 is 19.0 Å². The molecule has 2 aromatic rings. The van der Waals surface area contributed by atoms with E-state index in [-0.39, 0.29) is 6.10 Å². The van der Waals surface area contributed by atoms with Crippen molar-refractivity contribution in [3.8, 4) is 17.2 Å². The summed E-state index contributed by atoms with van der Waals surface area (Å²) in [6.45, 7) is 3.81. The summed E-state index contributed by atoms with van der Waals surface area (Å²) < 4.78 is 16.2. The predicted molar refractivity (Wildman–Crippen MR) is 80.2 cm³/mol. The Morgan fingerprint density at radius 2 is 1.48 bits per heavy atom. The summed E-state index contributed by atoms with van der Waals surface area (Å²) in [5.74, 6) is 0.917. The van der Waals surface area contributed by atoms with Crippen LogP contribution < -0.4 is 14.2 Å². The van der Waals surface area contributed by atoms with Gasteiger partial charge in [0.1, 0.15) is 11.3 Å². The van der Waals surface area contributed by atoms with Crippen LogP contribution in [0, 0.1) is 0 Å². The first-order valence-electron chi connectivity index (χ1n) is 6.72. The Kier molecular flexibility index (Phi) is 4.82. The summed E-state index contributed by atoms with van der Waals surface area (Å²) >= 11 is 0. The second-order valence-corrected chi connectivity index (χ2v) is 4.70. The Bertz CT molecular complexity index is 620. The van der Waals surface area contributed by atoms with E-state index in [0.29, 0.717) is 22.8 Å². The molecule has 0 aromatic heterocycles. The second-order valence-electron chi connectivity index (χ2n) is 4.70. The molecule has 0 atom stereocenters. The number of hydrogen-bond donors (Lipinski definition) is 0. The maximum atomic E-state index is 12.3. The lowest BCUT2D eigenvalue weighted by molar-refractivity contribution is 0.0723. The van der Waals surface area contributed by atoms with E-state index in [1.54, 1.807) is 36.4 Å². The molecule has 0 fully saturated rings. The summed E-state index contributed by atoms with van der Waals surface area (Å²) in [4.78, 5) is 12.3. The molecule has 0 spiro atoms. The molecule has 2 aromatic carbocycles. The summed E-state index contributed by atoms with van der Waals surface area (Å²) in [5, 5.41) is 0. The lowest BCUT2D eigenvalue weighted by Crippen LogP contribution is -2.14. The molecule has 4 nitrogen and oxygen atoms in total. The zero-order valence-corrected chi connectivity index (χ0v) is 12.3. The molecule has 110 valence electrons. The molecule has 0 saturated heterocycles. The predicted octanol–water partition coefficient (Wildman–Crippen LogP) is 3.70. The fourth-order valence-corrected chi connectivity index (χ4v) is 1.85. The van der Waals surface area contributed by atoms with Crippen LogP contribution in [0.3, 0.4) is 0 Å². The minimum Gasteiger partial charge on any atom is -0.493 e. The van der Waals surface area contributed by atoms with Crippen molar-refractivity contribution in [3.63, 3.8) is 0 Å². The molecule has 0 unspecified atom stereocenters. The van der Waals surface area contributed by atoms with E-state index in [0.717, 1.165) is 0 Å². The molecule has 21 heavy (non-hydrogen) atoms. The smallest absolute Gasteiger partial charge is 0.347 e. The van der Waals surface area contributed by atoms with E-state index < -0.39 is 5.97 Å². The van der Waals surface area contributed by atoms with Crippen molar-refractivity contribution in [3.05, 3.63) is 54.1 Å². The van der Waals surface area contributed by atoms with Crippen LogP contribution in [0.2, 0.25) is 0 Å². The fraction of sp³-hybridized carbons (Fsp3) is 0.235. The van der Waals surface area contributed by atoms with Gasteiger partial charge in [0.15, 0.2) is 11.5 Å². The van der Waals surface area contributed by atoms with Crippen molar-refractivity contribution in [2.75, 3.05) is 7.11 Å². The lowest BCUT2D eigenvalue weighted by atomic mass is 10.2. The highest BCUT2D eigenvalue weighted by Gasteiger charge is 2.17. The molecule has 0 bridgehead atoms. The van der Waals surface area contributed by atoms with E-state index >= 15 is 0 Å². The number of para-hydroxylation sites is 3. The van der Waals surface area contributed by atoms with Crippen molar-refractivity contribution in [2.45, 2.75) is 20.0 Å². The van der Waals surface area contributed by atoms with Crippen LogP contribution in [-0.4, -0.2) is 19.2 Å². The zero-order chi connectivity index (χ0) is 15.2. The first-order valence-corrected chi connectivity index (χ1v) is 6.72. The highest BCUT2D eigenvalue weighted by Crippen LogP contribution is 2.28. The van der Waals surface area contributed by atoms with Crippen LogP contribution in [0.25, 0.3) is 0 Å². The van der Waals surface area contributed by atoms with Gasteiger partial charge in [0.05, 0.1) is 13.2 Å². The number of benzene rings is 2. The first kappa shape index (κ1) is 14.9. The third-order valence-electron chi connectivity index (χ3n) is 2.74. The van der Waals surface area contributed by atoms with Crippen molar-refractivity contribution >= 4 is 5.97 Å². The third-order valence-corrected chi connectivity index (χ3v) is 2.74. The molecule has 0 aliphatic heterocycles. The number of esters is 1. The number of carbonyl (C=O) groups is 1. The third kappa shape index (κ3) is 3.75. The van der Waals surface area contributed by atoms with Crippen LogP contribution in [0.15, 0.2) is 48.5 Å².